The number of hydrogen-bond acceptors (Lipinski definition) is 2. The van der Waals surface area contributed by atoms with Gasteiger partial charge >= 0.3 is 0 Å². The lowest BCUT2D eigenvalue weighted by Gasteiger charge is -1.93. The van der Waals surface area contributed by atoms with Crippen LogP contribution in [0.1, 0.15) is 29.4 Å². The highest BCUT2D eigenvalue weighted by atomic mass is 35.5. The molecule has 0 aliphatic heterocycles. The molecule has 0 N–H and O–H groups in total. The minimum Gasteiger partial charge on any atom is -0.293 e. The molecule has 1 aliphatic carbocycles. The molecule has 0 saturated heterocycles. The maximum Gasteiger partial charge on any atom is 0.176 e. The van der Waals surface area contributed by atoms with Crippen LogP contribution in [0.2, 0.25) is 4.34 Å². The first-order valence-electron chi connectivity index (χ1n) is 4.52. The maximum absolute atomic E-state index is 11.7. The van der Waals surface area contributed by atoms with Gasteiger partial charge in [0, 0.05) is 5.92 Å². The van der Waals surface area contributed by atoms with Crippen LogP contribution in [0.15, 0.2) is 12.1 Å². The summed E-state index contributed by atoms with van der Waals surface area (Å²) >= 11 is 7.16. The molecule has 0 spiro atoms. The van der Waals surface area contributed by atoms with Crippen molar-refractivity contribution in [2.75, 3.05) is 0 Å². The van der Waals surface area contributed by atoms with Crippen LogP contribution >= 0.6 is 22.9 Å². The van der Waals surface area contributed by atoms with E-state index in [4.69, 9.17) is 11.6 Å². The van der Waals surface area contributed by atoms with Crippen LogP contribution in [0.25, 0.3) is 0 Å². The second kappa shape index (κ2) is 3.43. The summed E-state index contributed by atoms with van der Waals surface area (Å²) in [6, 6.07) is 3.63. The molecule has 0 bridgehead atoms. The van der Waals surface area contributed by atoms with Crippen molar-refractivity contribution in [3.8, 4) is 0 Å². The van der Waals surface area contributed by atoms with Crippen LogP contribution < -0.4 is 0 Å². The zero-order valence-corrected chi connectivity index (χ0v) is 8.99. The van der Waals surface area contributed by atoms with Gasteiger partial charge in [0.15, 0.2) is 5.78 Å². The Balaban J connectivity index is 2.07. The van der Waals surface area contributed by atoms with E-state index in [1.807, 2.05) is 6.07 Å². The minimum atomic E-state index is 0.291. The normalized spacial score (nSPS) is 26.0. The number of Topliss-reactive ketones (excluding diaryl/α,β-unsaturated/α-hetero) is 1. The minimum absolute atomic E-state index is 0.291. The largest absolute Gasteiger partial charge is 0.293 e. The van der Waals surface area contributed by atoms with Crippen LogP contribution in [0, 0.1) is 11.8 Å². The van der Waals surface area contributed by atoms with Crippen molar-refractivity contribution >= 4 is 28.7 Å². The molecule has 2 atom stereocenters. The molecule has 3 heteroatoms. The number of carbonyl (C=O) groups is 1. The van der Waals surface area contributed by atoms with Crippen LogP contribution in [0.4, 0.5) is 0 Å². The van der Waals surface area contributed by atoms with E-state index < -0.39 is 0 Å². The number of thiophene rings is 1. The Labute approximate surface area is 86.7 Å². The van der Waals surface area contributed by atoms with Crippen molar-refractivity contribution < 1.29 is 4.79 Å². The van der Waals surface area contributed by atoms with E-state index in [0.717, 1.165) is 17.7 Å². The van der Waals surface area contributed by atoms with E-state index in [1.165, 1.54) is 11.3 Å². The van der Waals surface area contributed by atoms with E-state index in [0.29, 0.717) is 22.0 Å². The summed E-state index contributed by atoms with van der Waals surface area (Å²) in [6.07, 6.45) is 2.19. The molecule has 1 heterocycles. The molecule has 13 heavy (non-hydrogen) atoms. The number of rotatable bonds is 3. The number of ketones is 1. The lowest BCUT2D eigenvalue weighted by atomic mass is 10.1. The van der Waals surface area contributed by atoms with Gasteiger partial charge in [-0.15, -0.1) is 11.3 Å². The van der Waals surface area contributed by atoms with Crippen molar-refractivity contribution in [1.82, 2.24) is 0 Å². The Morgan fingerprint density at radius 1 is 1.69 bits per heavy atom. The molecule has 1 fully saturated rings. The molecular weight excluding hydrogens is 204 g/mol. The van der Waals surface area contributed by atoms with Gasteiger partial charge in [0.25, 0.3) is 0 Å². The van der Waals surface area contributed by atoms with Crippen molar-refractivity contribution in [3.05, 3.63) is 21.3 Å². The first kappa shape index (κ1) is 9.22. The average molecular weight is 215 g/mol. The standard InChI is InChI=1S/C10H11ClOS/c1-2-6-5-7(6)10(12)8-3-4-9(11)13-8/h3-4,6-7H,2,5H2,1H3. The maximum atomic E-state index is 11.7. The Hall–Kier alpha value is -0.340. The van der Waals surface area contributed by atoms with Gasteiger partial charge in [-0.05, 0) is 24.5 Å². The Bertz CT molecular complexity index is 331. The topological polar surface area (TPSA) is 17.1 Å². The molecule has 1 nitrogen and oxygen atoms in total. The zero-order chi connectivity index (χ0) is 9.42. The van der Waals surface area contributed by atoms with Crippen molar-refractivity contribution in [2.24, 2.45) is 11.8 Å². The summed E-state index contributed by atoms with van der Waals surface area (Å²) < 4.78 is 0.706. The Kier molecular flexibility index (Phi) is 2.43. The van der Waals surface area contributed by atoms with Crippen LogP contribution in [-0.2, 0) is 0 Å². The van der Waals surface area contributed by atoms with Gasteiger partial charge in [0.2, 0.25) is 0 Å². The zero-order valence-electron chi connectivity index (χ0n) is 7.42. The van der Waals surface area contributed by atoms with Gasteiger partial charge in [-0.2, -0.15) is 0 Å². The first-order chi connectivity index (χ1) is 6.22. The van der Waals surface area contributed by atoms with Crippen LogP contribution in [0.3, 0.4) is 0 Å². The lowest BCUT2D eigenvalue weighted by Crippen LogP contribution is -2.00. The summed E-state index contributed by atoms with van der Waals surface area (Å²) in [5.41, 5.74) is 0. The summed E-state index contributed by atoms with van der Waals surface area (Å²) in [6.45, 7) is 2.14. The summed E-state index contributed by atoms with van der Waals surface area (Å²) in [5.74, 6) is 1.22. The van der Waals surface area contributed by atoms with Gasteiger partial charge in [0.05, 0.1) is 9.21 Å². The molecular formula is C10H11ClOS. The average Bonchev–Trinajstić information content (AvgIpc) is 2.80. The molecule has 1 saturated carbocycles. The van der Waals surface area contributed by atoms with E-state index in [2.05, 4.69) is 6.92 Å². The third-order valence-electron chi connectivity index (χ3n) is 2.60. The van der Waals surface area contributed by atoms with Gasteiger partial charge in [-0.25, -0.2) is 0 Å². The van der Waals surface area contributed by atoms with Gasteiger partial charge in [-0.1, -0.05) is 24.9 Å². The van der Waals surface area contributed by atoms with Gasteiger partial charge in [-0.3, -0.25) is 4.79 Å². The van der Waals surface area contributed by atoms with E-state index in [1.54, 1.807) is 6.07 Å². The third-order valence-corrected chi connectivity index (χ3v) is 3.85. The highest BCUT2D eigenvalue weighted by Crippen LogP contribution is 2.44. The first-order valence-corrected chi connectivity index (χ1v) is 5.71. The molecule has 0 radical (unpaired) electrons. The third kappa shape index (κ3) is 1.79. The number of hydrogen-bond donors (Lipinski definition) is 0. The highest BCUT2D eigenvalue weighted by Gasteiger charge is 2.41. The van der Waals surface area contributed by atoms with E-state index in [9.17, 15) is 4.79 Å². The van der Waals surface area contributed by atoms with E-state index in [-0.39, 0.29) is 0 Å². The fraction of sp³-hybridized carbons (Fsp3) is 0.500. The molecule has 2 rings (SSSR count). The smallest absolute Gasteiger partial charge is 0.176 e. The fourth-order valence-corrected chi connectivity index (χ4v) is 2.70. The highest BCUT2D eigenvalue weighted by molar-refractivity contribution is 7.18. The van der Waals surface area contributed by atoms with Gasteiger partial charge < -0.3 is 0 Å². The predicted octanol–water partition coefficient (Wildman–Crippen LogP) is 3.63. The number of carbonyl (C=O) groups excluding carboxylic acids is 1. The summed E-state index contributed by atoms with van der Waals surface area (Å²) in [7, 11) is 0. The molecule has 0 amide bonds. The van der Waals surface area contributed by atoms with Crippen molar-refractivity contribution in [3.63, 3.8) is 0 Å². The molecule has 1 aromatic rings. The second-order valence-electron chi connectivity index (χ2n) is 3.48. The lowest BCUT2D eigenvalue weighted by molar-refractivity contribution is 0.0965. The number of halogens is 1. The molecule has 2 unspecified atom stereocenters. The predicted molar refractivity (Wildman–Crippen MR) is 55.5 cm³/mol. The van der Waals surface area contributed by atoms with Gasteiger partial charge in [0.1, 0.15) is 0 Å². The van der Waals surface area contributed by atoms with Crippen LogP contribution in [0.5, 0.6) is 0 Å². The summed E-state index contributed by atoms with van der Waals surface area (Å²) in [5, 5.41) is 0. The fourth-order valence-electron chi connectivity index (χ4n) is 1.65. The van der Waals surface area contributed by atoms with E-state index >= 15 is 0 Å². The SMILES string of the molecule is CCC1CC1C(=O)c1ccc(Cl)s1. The second-order valence-corrected chi connectivity index (χ2v) is 5.19. The Morgan fingerprint density at radius 3 is 2.92 bits per heavy atom. The monoisotopic (exact) mass is 214 g/mol. The molecule has 1 aliphatic rings. The quantitative estimate of drug-likeness (QED) is 0.703. The van der Waals surface area contributed by atoms with Crippen molar-refractivity contribution in [2.45, 2.75) is 19.8 Å². The van der Waals surface area contributed by atoms with Crippen molar-refractivity contribution in [1.29, 1.82) is 0 Å². The molecule has 70 valence electrons. The van der Waals surface area contributed by atoms with Crippen LogP contribution in [-0.4, -0.2) is 5.78 Å². The molecule has 1 aromatic heterocycles. The summed E-state index contributed by atoms with van der Waals surface area (Å²) in [4.78, 5) is 12.6. The molecule has 0 aromatic carbocycles. The Morgan fingerprint density at radius 2 is 2.46 bits per heavy atom.